The van der Waals surface area contributed by atoms with Gasteiger partial charge in [0.25, 0.3) is 0 Å². The molecular weight excluding hydrogens is 380 g/mol. The summed E-state index contributed by atoms with van der Waals surface area (Å²) in [4.78, 5) is 9.27. The minimum Gasteiger partial charge on any atom is -0.497 e. The van der Waals surface area contributed by atoms with Gasteiger partial charge in [-0.3, -0.25) is 0 Å². The SMILES string of the molecule is COc1cc(Nc2cc(-c3ccccc3)nc(N[C@H](CO)C(C)C)n2)cc(OC)c1. The Morgan fingerprint density at radius 1 is 0.933 bits per heavy atom. The fourth-order valence-electron chi connectivity index (χ4n) is 2.95. The van der Waals surface area contributed by atoms with Crippen molar-refractivity contribution < 1.29 is 14.6 Å². The zero-order chi connectivity index (χ0) is 21.5. The van der Waals surface area contributed by atoms with E-state index >= 15 is 0 Å². The van der Waals surface area contributed by atoms with Gasteiger partial charge in [0.2, 0.25) is 5.95 Å². The molecule has 1 heterocycles. The summed E-state index contributed by atoms with van der Waals surface area (Å²) in [5.41, 5.74) is 2.52. The van der Waals surface area contributed by atoms with Crippen LogP contribution < -0.4 is 20.1 Å². The highest BCUT2D eigenvalue weighted by Crippen LogP contribution is 2.29. The number of aliphatic hydroxyl groups excluding tert-OH is 1. The van der Waals surface area contributed by atoms with E-state index in [4.69, 9.17) is 9.47 Å². The lowest BCUT2D eigenvalue weighted by atomic mass is 10.1. The summed E-state index contributed by atoms with van der Waals surface area (Å²) in [6.07, 6.45) is 0. The van der Waals surface area contributed by atoms with Gasteiger partial charge in [0.1, 0.15) is 17.3 Å². The van der Waals surface area contributed by atoms with Gasteiger partial charge in [-0.25, -0.2) is 4.98 Å². The standard InChI is InChI=1S/C23H28N4O3/c1-15(2)21(14-28)26-23-25-20(16-8-6-5-7-9-16)13-22(27-23)24-17-10-18(29-3)12-19(11-17)30-4/h5-13,15,21,28H,14H2,1-4H3,(H2,24,25,26,27)/t21-/m1/s1. The van der Waals surface area contributed by atoms with Crippen molar-refractivity contribution in [2.45, 2.75) is 19.9 Å². The van der Waals surface area contributed by atoms with Crippen molar-refractivity contribution in [1.29, 1.82) is 0 Å². The average Bonchev–Trinajstić information content (AvgIpc) is 2.77. The molecule has 0 amide bonds. The third kappa shape index (κ3) is 5.39. The molecule has 0 saturated heterocycles. The highest BCUT2D eigenvalue weighted by molar-refractivity contribution is 5.68. The van der Waals surface area contributed by atoms with Crippen molar-refractivity contribution in [3.8, 4) is 22.8 Å². The first kappa shape index (κ1) is 21.4. The third-order valence-electron chi connectivity index (χ3n) is 4.74. The Kier molecular flexibility index (Phi) is 7.08. The second-order valence-corrected chi connectivity index (χ2v) is 7.23. The topological polar surface area (TPSA) is 88.5 Å². The second-order valence-electron chi connectivity index (χ2n) is 7.23. The number of hydrogen-bond donors (Lipinski definition) is 3. The Labute approximate surface area is 177 Å². The Morgan fingerprint density at radius 3 is 2.17 bits per heavy atom. The number of aromatic nitrogens is 2. The van der Waals surface area contributed by atoms with Crippen LogP contribution in [0.1, 0.15) is 13.8 Å². The molecule has 158 valence electrons. The maximum absolute atomic E-state index is 9.70. The molecular formula is C23H28N4O3. The minimum absolute atomic E-state index is 0.00750. The average molecular weight is 409 g/mol. The van der Waals surface area contributed by atoms with Gasteiger partial charge in [0.15, 0.2) is 0 Å². The summed E-state index contributed by atoms with van der Waals surface area (Å²) in [7, 11) is 3.22. The molecule has 0 saturated carbocycles. The number of ether oxygens (including phenoxy) is 2. The highest BCUT2D eigenvalue weighted by atomic mass is 16.5. The second kappa shape index (κ2) is 9.93. The Hall–Kier alpha value is -3.32. The largest absolute Gasteiger partial charge is 0.497 e. The van der Waals surface area contributed by atoms with Gasteiger partial charge in [-0.15, -0.1) is 0 Å². The van der Waals surface area contributed by atoms with Crippen LogP contribution in [0.25, 0.3) is 11.3 Å². The number of aliphatic hydroxyl groups is 1. The van der Waals surface area contributed by atoms with Crippen molar-refractivity contribution in [2.24, 2.45) is 5.92 Å². The molecule has 3 rings (SSSR count). The molecule has 2 aromatic carbocycles. The first-order valence-electron chi connectivity index (χ1n) is 9.84. The molecule has 0 aliphatic heterocycles. The van der Waals surface area contributed by atoms with E-state index in [2.05, 4.69) is 20.6 Å². The Morgan fingerprint density at radius 2 is 1.60 bits per heavy atom. The van der Waals surface area contributed by atoms with Crippen molar-refractivity contribution in [3.05, 3.63) is 54.6 Å². The van der Waals surface area contributed by atoms with E-state index in [-0.39, 0.29) is 18.6 Å². The summed E-state index contributed by atoms with van der Waals surface area (Å²) in [5, 5.41) is 16.3. The molecule has 0 aliphatic carbocycles. The number of nitrogens with one attached hydrogen (secondary N) is 2. The smallest absolute Gasteiger partial charge is 0.225 e. The maximum atomic E-state index is 9.70. The molecule has 3 aromatic rings. The van der Waals surface area contributed by atoms with Crippen molar-refractivity contribution >= 4 is 17.5 Å². The van der Waals surface area contributed by atoms with Crippen LogP contribution in [0.5, 0.6) is 11.5 Å². The van der Waals surface area contributed by atoms with E-state index in [1.807, 2.05) is 68.4 Å². The number of hydrogen-bond acceptors (Lipinski definition) is 7. The van der Waals surface area contributed by atoms with Crippen LogP contribution in [0.15, 0.2) is 54.6 Å². The van der Waals surface area contributed by atoms with Crippen molar-refractivity contribution in [1.82, 2.24) is 9.97 Å². The zero-order valence-electron chi connectivity index (χ0n) is 17.7. The number of rotatable bonds is 9. The van der Waals surface area contributed by atoms with E-state index < -0.39 is 0 Å². The molecule has 1 aromatic heterocycles. The summed E-state index contributed by atoms with van der Waals surface area (Å²) < 4.78 is 10.7. The molecule has 0 spiro atoms. The lowest BCUT2D eigenvalue weighted by Gasteiger charge is -2.21. The molecule has 0 aliphatic rings. The third-order valence-corrected chi connectivity index (χ3v) is 4.74. The summed E-state index contributed by atoms with van der Waals surface area (Å²) in [6, 6.07) is 17.2. The molecule has 0 radical (unpaired) electrons. The monoisotopic (exact) mass is 408 g/mol. The normalized spacial score (nSPS) is 11.8. The van der Waals surface area contributed by atoms with Gasteiger partial charge in [0.05, 0.1) is 32.6 Å². The molecule has 0 unspecified atom stereocenters. The maximum Gasteiger partial charge on any atom is 0.225 e. The predicted octanol–water partition coefficient (Wildman–Crippen LogP) is 4.33. The number of nitrogens with zero attached hydrogens (tertiary/aromatic N) is 2. The summed E-state index contributed by atoms with van der Waals surface area (Å²) >= 11 is 0. The van der Waals surface area contributed by atoms with Crippen LogP contribution in [0.2, 0.25) is 0 Å². The van der Waals surface area contributed by atoms with E-state index in [0.29, 0.717) is 23.3 Å². The van der Waals surface area contributed by atoms with Gasteiger partial charge in [-0.05, 0) is 5.92 Å². The number of anilines is 3. The van der Waals surface area contributed by atoms with Crippen LogP contribution in [0.4, 0.5) is 17.5 Å². The molecule has 30 heavy (non-hydrogen) atoms. The van der Waals surface area contributed by atoms with Crippen molar-refractivity contribution in [3.63, 3.8) is 0 Å². The van der Waals surface area contributed by atoms with Gasteiger partial charge in [0, 0.05) is 35.5 Å². The van der Waals surface area contributed by atoms with Gasteiger partial charge >= 0.3 is 0 Å². The molecule has 0 fully saturated rings. The Balaban J connectivity index is 1.99. The summed E-state index contributed by atoms with van der Waals surface area (Å²) in [5.74, 6) is 2.63. The number of benzene rings is 2. The molecule has 3 N–H and O–H groups in total. The number of methoxy groups -OCH3 is 2. The fraction of sp³-hybridized carbons (Fsp3) is 0.304. The Bertz CT molecular complexity index is 942. The quantitative estimate of drug-likeness (QED) is 0.485. The van der Waals surface area contributed by atoms with Crippen LogP contribution in [-0.2, 0) is 0 Å². The van der Waals surface area contributed by atoms with E-state index in [9.17, 15) is 5.11 Å². The van der Waals surface area contributed by atoms with Crippen LogP contribution in [0, 0.1) is 5.92 Å². The summed E-state index contributed by atoms with van der Waals surface area (Å²) in [6.45, 7) is 4.07. The fourth-order valence-corrected chi connectivity index (χ4v) is 2.95. The van der Waals surface area contributed by atoms with E-state index in [1.54, 1.807) is 14.2 Å². The lowest BCUT2D eigenvalue weighted by molar-refractivity contribution is 0.248. The predicted molar refractivity (Wildman–Crippen MR) is 120 cm³/mol. The van der Waals surface area contributed by atoms with Crippen molar-refractivity contribution in [2.75, 3.05) is 31.5 Å². The van der Waals surface area contributed by atoms with Crippen LogP contribution >= 0.6 is 0 Å². The molecule has 0 bridgehead atoms. The van der Waals surface area contributed by atoms with Crippen LogP contribution in [0.3, 0.4) is 0 Å². The first-order chi connectivity index (χ1) is 14.5. The molecule has 7 heteroatoms. The lowest BCUT2D eigenvalue weighted by Crippen LogP contribution is -2.30. The van der Waals surface area contributed by atoms with Gasteiger partial charge in [-0.1, -0.05) is 44.2 Å². The molecule has 7 nitrogen and oxygen atoms in total. The molecule has 1 atom stereocenters. The van der Waals surface area contributed by atoms with E-state index in [0.717, 1.165) is 16.9 Å². The van der Waals surface area contributed by atoms with Gasteiger partial charge in [-0.2, -0.15) is 4.98 Å². The zero-order valence-corrected chi connectivity index (χ0v) is 17.7. The van der Waals surface area contributed by atoms with E-state index in [1.165, 1.54) is 0 Å². The first-order valence-corrected chi connectivity index (χ1v) is 9.84. The highest BCUT2D eigenvalue weighted by Gasteiger charge is 2.15. The van der Waals surface area contributed by atoms with Gasteiger partial charge < -0.3 is 25.2 Å². The van der Waals surface area contributed by atoms with Crippen LogP contribution in [-0.4, -0.2) is 41.9 Å². The minimum atomic E-state index is -0.152.